The summed E-state index contributed by atoms with van der Waals surface area (Å²) in [7, 11) is -3.28. The molecule has 1 saturated heterocycles. The Morgan fingerprint density at radius 3 is 2.61 bits per heavy atom. The Bertz CT molecular complexity index is 585. The second-order valence-corrected chi connectivity index (χ2v) is 6.93. The number of carboxylic acids is 1. The topological polar surface area (TPSA) is 74.7 Å². The third kappa shape index (κ3) is 2.51. The Balaban J connectivity index is 2.42. The van der Waals surface area contributed by atoms with Crippen LogP contribution in [-0.4, -0.2) is 31.8 Å². The standard InChI is InChI=1S/C11H12BrNO4S/c12-9-7-8(11(14)15)3-4-10(9)13-5-1-2-6-18(13,16)17/h3-4,7H,1-2,5-6H2,(H,14,15). The van der Waals surface area contributed by atoms with E-state index in [1.54, 1.807) is 0 Å². The summed E-state index contributed by atoms with van der Waals surface area (Å²) in [5.74, 6) is -0.899. The molecule has 5 nitrogen and oxygen atoms in total. The van der Waals surface area contributed by atoms with Gasteiger partial charge in [0.1, 0.15) is 0 Å². The van der Waals surface area contributed by atoms with Crippen molar-refractivity contribution >= 4 is 37.6 Å². The van der Waals surface area contributed by atoms with Crippen LogP contribution in [0.1, 0.15) is 23.2 Å². The molecule has 0 aromatic heterocycles. The van der Waals surface area contributed by atoms with Crippen LogP contribution in [0.3, 0.4) is 0 Å². The Kier molecular flexibility index (Phi) is 3.63. The van der Waals surface area contributed by atoms with Crippen LogP contribution in [0.5, 0.6) is 0 Å². The molecule has 98 valence electrons. The maximum absolute atomic E-state index is 11.9. The summed E-state index contributed by atoms with van der Waals surface area (Å²) in [4.78, 5) is 10.8. The van der Waals surface area contributed by atoms with Gasteiger partial charge in [0.2, 0.25) is 10.0 Å². The molecule has 0 bridgehead atoms. The number of sulfonamides is 1. The van der Waals surface area contributed by atoms with Crippen LogP contribution in [0.4, 0.5) is 5.69 Å². The molecule has 1 aromatic carbocycles. The number of carbonyl (C=O) groups is 1. The number of carboxylic acid groups (broad SMARTS) is 1. The minimum Gasteiger partial charge on any atom is -0.478 e. The summed E-state index contributed by atoms with van der Waals surface area (Å²) in [6.45, 7) is 0.438. The van der Waals surface area contributed by atoms with Gasteiger partial charge in [-0.3, -0.25) is 4.31 Å². The second kappa shape index (κ2) is 4.89. The number of benzene rings is 1. The first-order chi connectivity index (χ1) is 8.42. The third-order valence-electron chi connectivity index (χ3n) is 2.81. The van der Waals surface area contributed by atoms with E-state index in [0.717, 1.165) is 6.42 Å². The minimum atomic E-state index is -3.28. The Hall–Kier alpha value is -1.08. The average molecular weight is 334 g/mol. The SMILES string of the molecule is O=C(O)c1ccc(N2CCCCS2(=O)=O)c(Br)c1. The predicted octanol–water partition coefficient (Wildman–Crippen LogP) is 2.08. The Morgan fingerprint density at radius 1 is 1.33 bits per heavy atom. The van der Waals surface area contributed by atoms with E-state index in [2.05, 4.69) is 15.9 Å². The smallest absolute Gasteiger partial charge is 0.335 e. The van der Waals surface area contributed by atoms with Crippen molar-refractivity contribution in [3.63, 3.8) is 0 Å². The summed E-state index contributed by atoms with van der Waals surface area (Å²) in [6, 6.07) is 4.35. The summed E-state index contributed by atoms with van der Waals surface area (Å²) in [5, 5.41) is 8.86. The van der Waals surface area contributed by atoms with Gasteiger partial charge in [0.05, 0.1) is 17.0 Å². The molecular weight excluding hydrogens is 322 g/mol. The van der Waals surface area contributed by atoms with Crippen molar-refractivity contribution in [3.05, 3.63) is 28.2 Å². The number of anilines is 1. The molecule has 18 heavy (non-hydrogen) atoms. The van der Waals surface area contributed by atoms with Gasteiger partial charge in [-0.1, -0.05) is 0 Å². The molecule has 7 heteroatoms. The number of halogens is 1. The van der Waals surface area contributed by atoms with Crippen LogP contribution in [0.2, 0.25) is 0 Å². The van der Waals surface area contributed by atoms with Crippen molar-refractivity contribution in [1.82, 2.24) is 0 Å². The highest BCUT2D eigenvalue weighted by Crippen LogP contribution is 2.31. The van der Waals surface area contributed by atoms with Crippen LogP contribution in [0, 0.1) is 0 Å². The van der Waals surface area contributed by atoms with Crippen molar-refractivity contribution in [2.24, 2.45) is 0 Å². The van der Waals surface area contributed by atoms with E-state index in [0.29, 0.717) is 23.1 Å². The van der Waals surface area contributed by atoms with Crippen molar-refractivity contribution < 1.29 is 18.3 Å². The molecule has 0 unspecified atom stereocenters. The molecule has 0 atom stereocenters. The van der Waals surface area contributed by atoms with Gasteiger partial charge in [-0.2, -0.15) is 0 Å². The highest BCUT2D eigenvalue weighted by Gasteiger charge is 2.27. The number of rotatable bonds is 2. The van der Waals surface area contributed by atoms with Gasteiger partial charge in [0.25, 0.3) is 0 Å². The summed E-state index contributed by atoms with van der Waals surface area (Å²) >= 11 is 3.23. The summed E-state index contributed by atoms with van der Waals surface area (Å²) < 4.78 is 25.7. The first-order valence-electron chi connectivity index (χ1n) is 5.45. The lowest BCUT2D eigenvalue weighted by Crippen LogP contribution is -2.38. The fourth-order valence-electron chi connectivity index (χ4n) is 1.90. The lowest BCUT2D eigenvalue weighted by Gasteiger charge is -2.29. The molecule has 1 N–H and O–H groups in total. The van der Waals surface area contributed by atoms with E-state index in [-0.39, 0.29) is 11.3 Å². The van der Waals surface area contributed by atoms with E-state index in [1.807, 2.05) is 0 Å². The maximum atomic E-state index is 11.9. The van der Waals surface area contributed by atoms with Crippen LogP contribution in [-0.2, 0) is 10.0 Å². The zero-order valence-electron chi connectivity index (χ0n) is 9.47. The van der Waals surface area contributed by atoms with Crippen LogP contribution < -0.4 is 4.31 Å². The van der Waals surface area contributed by atoms with Gasteiger partial charge in [0, 0.05) is 11.0 Å². The largest absolute Gasteiger partial charge is 0.478 e. The normalized spacial score (nSPS) is 18.6. The molecule has 0 saturated carbocycles. The molecule has 0 aliphatic carbocycles. The van der Waals surface area contributed by atoms with Crippen molar-refractivity contribution in [2.75, 3.05) is 16.6 Å². The summed E-state index contributed by atoms with van der Waals surface area (Å²) in [6.07, 6.45) is 1.48. The predicted molar refractivity (Wildman–Crippen MR) is 71.5 cm³/mol. The molecular formula is C11H12BrNO4S. The lowest BCUT2D eigenvalue weighted by atomic mass is 10.2. The van der Waals surface area contributed by atoms with E-state index >= 15 is 0 Å². The van der Waals surface area contributed by atoms with E-state index in [9.17, 15) is 13.2 Å². The van der Waals surface area contributed by atoms with Crippen LogP contribution >= 0.6 is 15.9 Å². The maximum Gasteiger partial charge on any atom is 0.335 e. The molecule has 1 heterocycles. The quantitative estimate of drug-likeness (QED) is 0.899. The first kappa shape index (κ1) is 13.4. The molecule has 0 radical (unpaired) electrons. The van der Waals surface area contributed by atoms with E-state index < -0.39 is 16.0 Å². The highest BCUT2D eigenvalue weighted by molar-refractivity contribution is 9.10. The van der Waals surface area contributed by atoms with E-state index in [4.69, 9.17) is 5.11 Å². The van der Waals surface area contributed by atoms with Crippen LogP contribution in [0.15, 0.2) is 22.7 Å². The Labute approximate surface area is 114 Å². The molecule has 1 fully saturated rings. The van der Waals surface area contributed by atoms with Gasteiger partial charge in [-0.15, -0.1) is 0 Å². The molecule has 0 amide bonds. The second-order valence-electron chi connectivity index (χ2n) is 4.07. The van der Waals surface area contributed by atoms with Crippen molar-refractivity contribution in [3.8, 4) is 0 Å². The number of hydrogen-bond acceptors (Lipinski definition) is 3. The lowest BCUT2D eigenvalue weighted by molar-refractivity contribution is 0.0697. The minimum absolute atomic E-state index is 0.125. The number of hydrogen-bond donors (Lipinski definition) is 1. The van der Waals surface area contributed by atoms with Gasteiger partial charge in [-0.25, -0.2) is 13.2 Å². The fourth-order valence-corrected chi connectivity index (χ4v) is 4.27. The van der Waals surface area contributed by atoms with Gasteiger partial charge in [-0.05, 0) is 47.0 Å². The Morgan fingerprint density at radius 2 is 2.06 bits per heavy atom. The fraction of sp³-hybridized carbons (Fsp3) is 0.364. The zero-order valence-corrected chi connectivity index (χ0v) is 11.9. The molecule has 1 aromatic rings. The van der Waals surface area contributed by atoms with Crippen molar-refractivity contribution in [2.45, 2.75) is 12.8 Å². The molecule has 1 aliphatic heterocycles. The van der Waals surface area contributed by atoms with Gasteiger partial charge >= 0.3 is 5.97 Å². The molecule has 1 aliphatic rings. The highest BCUT2D eigenvalue weighted by atomic mass is 79.9. The average Bonchev–Trinajstić information content (AvgIpc) is 2.29. The van der Waals surface area contributed by atoms with Gasteiger partial charge in [0.15, 0.2) is 0 Å². The number of aromatic carboxylic acids is 1. The van der Waals surface area contributed by atoms with E-state index in [1.165, 1.54) is 22.5 Å². The van der Waals surface area contributed by atoms with Gasteiger partial charge < -0.3 is 5.11 Å². The zero-order chi connectivity index (χ0) is 13.3. The first-order valence-corrected chi connectivity index (χ1v) is 7.85. The monoisotopic (exact) mass is 333 g/mol. The molecule has 2 rings (SSSR count). The van der Waals surface area contributed by atoms with Crippen LogP contribution in [0.25, 0.3) is 0 Å². The van der Waals surface area contributed by atoms with Crippen molar-refractivity contribution in [1.29, 1.82) is 0 Å². The summed E-state index contributed by atoms with van der Waals surface area (Å²) in [5.41, 5.74) is 0.625. The number of nitrogens with zero attached hydrogens (tertiary/aromatic N) is 1. The molecule has 0 spiro atoms. The third-order valence-corrected chi connectivity index (χ3v) is 5.30.